The fraction of sp³-hybridized carbons (Fsp3) is 0.438. The fourth-order valence-electron chi connectivity index (χ4n) is 1.86. The number of rotatable bonds is 10. The highest BCUT2D eigenvalue weighted by molar-refractivity contribution is 5.78. The van der Waals surface area contributed by atoms with Gasteiger partial charge < -0.3 is 25.4 Å². The van der Waals surface area contributed by atoms with Crippen molar-refractivity contribution in [2.45, 2.75) is 13.0 Å². The summed E-state index contributed by atoms with van der Waals surface area (Å²) in [5, 5.41) is 13.6. The van der Waals surface area contributed by atoms with Crippen molar-refractivity contribution < 1.29 is 24.2 Å². The SMILES string of the molecule is CN(Cc1ccccc1)C(=O)NCCC(=O)NCCOCC(=O)O. The van der Waals surface area contributed by atoms with Crippen molar-refractivity contribution in [3.63, 3.8) is 0 Å². The molecule has 132 valence electrons. The first kappa shape index (κ1) is 19.4. The number of aliphatic carboxylic acids is 1. The van der Waals surface area contributed by atoms with Crippen LogP contribution in [0.3, 0.4) is 0 Å². The van der Waals surface area contributed by atoms with Crippen LogP contribution in [0, 0.1) is 0 Å². The maximum absolute atomic E-state index is 11.9. The molecule has 0 saturated heterocycles. The van der Waals surface area contributed by atoms with Crippen LogP contribution < -0.4 is 10.6 Å². The molecule has 0 fully saturated rings. The van der Waals surface area contributed by atoms with Crippen molar-refractivity contribution >= 4 is 17.9 Å². The summed E-state index contributed by atoms with van der Waals surface area (Å²) in [5.41, 5.74) is 1.02. The molecule has 1 aromatic rings. The molecule has 8 nitrogen and oxygen atoms in total. The number of carbonyl (C=O) groups is 3. The van der Waals surface area contributed by atoms with Gasteiger partial charge in [-0.05, 0) is 5.56 Å². The second-order valence-corrected chi connectivity index (χ2v) is 5.12. The Balaban J connectivity index is 2.11. The minimum Gasteiger partial charge on any atom is -0.480 e. The van der Waals surface area contributed by atoms with E-state index in [1.807, 2.05) is 30.3 Å². The molecule has 0 saturated carbocycles. The molecule has 1 aromatic carbocycles. The van der Waals surface area contributed by atoms with Crippen LogP contribution in [0.15, 0.2) is 30.3 Å². The molecule has 0 aromatic heterocycles. The summed E-state index contributed by atoms with van der Waals surface area (Å²) in [7, 11) is 1.68. The standard InChI is InChI=1S/C16H23N3O5/c1-19(11-13-5-3-2-4-6-13)16(23)18-8-7-14(20)17-9-10-24-12-15(21)22/h2-6H,7-12H2,1H3,(H,17,20)(H,18,23)(H,21,22). The molecule has 0 aliphatic carbocycles. The summed E-state index contributed by atoms with van der Waals surface area (Å²) < 4.78 is 4.79. The number of carbonyl (C=O) groups excluding carboxylic acids is 2. The Morgan fingerprint density at radius 3 is 2.50 bits per heavy atom. The van der Waals surface area contributed by atoms with Gasteiger partial charge in [0.15, 0.2) is 0 Å². The Morgan fingerprint density at radius 1 is 1.12 bits per heavy atom. The minimum atomic E-state index is -1.05. The summed E-state index contributed by atoms with van der Waals surface area (Å²) in [6.45, 7) is 0.678. The number of amides is 3. The van der Waals surface area contributed by atoms with Gasteiger partial charge in [0.05, 0.1) is 6.61 Å². The molecule has 0 atom stereocenters. The van der Waals surface area contributed by atoms with Crippen LogP contribution in [0.4, 0.5) is 4.79 Å². The van der Waals surface area contributed by atoms with Crippen LogP contribution in [-0.2, 0) is 20.9 Å². The van der Waals surface area contributed by atoms with E-state index in [0.717, 1.165) is 5.56 Å². The van der Waals surface area contributed by atoms with E-state index in [1.54, 1.807) is 7.05 Å². The number of urea groups is 1. The van der Waals surface area contributed by atoms with Gasteiger partial charge in [0.2, 0.25) is 5.91 Å². The molecule has 3 N–H and O–H groups in total. The number of nitrogens with zero attached hydrogens (tertiary/aromatic N) is 1. The van der Waals surface area contributed by atoms with E-state index in [2.05, 4.69) is 10.6 Å². The molecule has 0 aliphatic heterocycles. The van der Waals surface area contributed by atoms with Crippen molar-refractivity contribution in [1.82, 2.24) is 15.5 Å². The summed E-state index contributed by atoms with van der Waals surface area (Å²) in [5.74, 6) is -1.29. The van der Waals surface area contributed by atoms with E-state index in [4.69, 9.17) is 9.84 Å². The third kappa shape index (κ3) is 8.74. The van der Waals surface area contributed by atoms with Crippen LogP contribution in [0.2, 0.25) is 0 Å². The van der Waals surface area contributed by atoms with Gasteiger partial charge in [0.1, 0.15) is 6.61 Å². The lowest BCUT2D eigenvalue weighted by Gasteiger charge is -2.18. The van der Waals surface area contributed by atoms with Crippen LogP contribution >= 0.6 is 0 Å². The summed E-state index contributed by atoms with van der Waals surface area (Å²) in [6, 6.07) is 9.34. The van der Waals surface area contributed by atoms with Crippen LogP contribution in [0.25, 0.3) is 0 Å². The molecule has 0 heterocycles. The maximum atomic E-state index is 11.9. The molecule has 0 spiro atoms. The maximum Gasteiger partial charge on any atom is 0.329 e. The minimum absolute atomic E-state index is 0.129. The van der Waals surface area contributed by atoms with Gasteiger partial charge in [-0.15, -0.1) is 0 Å². The highest BCUT2D eigenvalue weighted by Gasteiger charge is 2.09. The zero-order valence-corrected chi connectivity index (χ0v) is 13.7. The van der Waals surface area contributed by atoms with Gasteiger partial charge in [0.25, 0.3) is 0 Å². The third-order valence-electron chi connectivity index (χ3n) is 3.03. The van der Waals surface area contributed by atoms with Crippen molar-refractivity contribution in [2.24, 2.45) is 0 Å². The number of nitrogens with one attached hydrogen (secondary N) is 2. The van der Waals surface area contributed by atoms with E-state index in [-0.39, 0.29) is 44.7 Å². The molecule has 0 bridgehead atoms. The second kappa shape index (κ2) is 11.0. The average molecular weight is 337 g/mol. The van der Waals surface area contributed by atoms with Gasteiger partial charge in [0, 0.05) is 33.1 Å². The number of benzene rings is 1. The third-order valence-corrected chi connectivity index (χ3v) is 3.03. The first-order valence-corrected chi connectivity index (χ1v) is 7.58. The Labute approximate surface area is 140 Å². The molecular formula is C16H23N3O5. The van der Waals surface area contributed by atoms with Gasteiger partial charge in [-0.25, -0.2) is 9.59 Å². The Kier molecular flexibility index (Phi) is 8.91. The summed E-state index contributed by atoms with van der Waals surface area (Å²) in [6.07, 6.45) is 0.143. The normalized spacial score (nSPS) is 10.0. The number of hydrogen-bond acceptors (Lipinski definition) is 4. The predicted octanol–water partition coefficient (Wildman–Crippen LogP) is 0.436. The van der Waals surface area contributed by atoms with Crippen LogP contribution in [0.1, 0.15) is 12.0 Å². The number of carboxylic acids is 1. The van der Waals surface area contributed by atoms with E-state index in [9.17, 15) is 14.4 Å². The van der Waals surface area contributed by atoms with Crippen molar-refractivity contribution in [3.05, 3.63) is 35.9 Å². The van der Waals surface area contributed by atoms with Gasteiger partial charge >= 0.3 is 12.0 Å². The quantitative estimate of drug-likeness (QED) is 0.537. The molecule has 1 rings (SSSR count). The fourth-order valence-corrected chi connectivity index (χ4v) is 1.86. The average Bonchev–Trinajstić information content (AvgIpc) is 2.55. The highest BCUT2D eigenvalue weighted by Crippen LogP contribution is 2.02. The van der Waals surface area contributed by atoms with Crippen molar-refractivity contribution in [3.8, 4) is 0 Å². The first-order chi connectivity index (χ1) is 11.5. The van der Waals surface area contributed by atoms with Crippen molar-refractivity contribution in [1.29, 1.82) is 0 Å². The molecular weight excluding hydrogens is 314 g/mol. The Bertz CT molecular complexity index is 536. The Morgan fingerprint density at radius 2 is 1.83 bits per heavy atom. The van der Waals surface area contributed by atoms with Crippen LogP contribution in [0.5, 0.6) is 0 Å². The first-order valence-electron chi connectivity index (χ1n) is 7.58. The molecule has 3 amide bonds. The van der Waals surface area contributed by atoms with E-state index < -0.39 is 5.97 Å². The van der Waals surface area contributed by atoms with Crippen LogP contribution in [-0.4, -0.2) is 61.3 Å². The zero-order valence-electron chi connectivity index (χ0n) is 13.7. The van der Waals surface area contributed by atoms with Gasteiger partial charge in [-0.2, -0.15) is 0 Å². The molecule has 0 unspecified atom stereocenters. The summed E-state index contributed by atoms with van der Waals surface area (Å²) >= 11 is 0. The monoisotopic (exact) mass is 337 g/mol. The lowest BCUT2D eigenvalue weighted by molar-refractivity contribution is -0.142. The molecule has 8 heteroatoms. The van der Waals surface area contributed by atoms with E-state index in [0.29, 0.717) is 6.54 Å². The topological polar surface area (TPSA) is 108 Å². The van der Waals surface area contributed by atoms with E-state index in [1.165, 1.54) is 4.90 Å². The smallest absolute Gasteiger partial charge is 0.329 e. The Hall–Kier alpha value is -2.61. The predicted molar refractivity (Wildman–Crippen MR) is 87.4 cm³/mol. The lowest BCUT2D eigenvalue weighted by atomic mass is 10.2. The largest absolute Gasteiger partial charge is 0.480 e. The lowest BCUT2D eigenvalue weighted by Crippen LogP contribution is -2.39. The number of hydrogen-bond donors (Lipinski definition) is 3. The van der Waals surface area contributed by atoms with Gasteiger partial charge in [-0.3, -0.25) is 4.79 Å². The molecule has 24 heavy (non-hydrogen) atoms. The van der Waals surface area contributed by atoms with Gasteiger partial charge in [-0.1, -0.05) is 30.3 Å². The highest BCUT2D eigenvalue weighted by atomic mass is 16.5. The molecule has 0 radical (unpaired) electrons. The zero-order chi connectivity index (χ0) is 17.8. The van der Waals surface area contributed by atoms with E-state index >= 15 is 0 Å². The number of carboxylic acid groups (broad SMARTS) is 1. The molecule has 0 aliphatic rings. The summed E-state index contributed by atoms with van der Waals surface area (Å²) in [4.78, 5) is 35.2. The van der Waals surface area contributed by atoms with Crippen molar-refractivity contribution in [2.75, 3.05) is 33.4 Å². The second-order valence-electron chi connectivity index (χ2n) is 5.12. The number of ether oxygens (including phenoxy) is 1.